The summed E-state index contributed by atoms with van der Waals surface area (Å²) in [6.45, 7) is 5.79. The van der Waals surface area contributed by atoms with Crippen LogP contribution in [0.3, 0.4) is 0 Å². The molecule has 2 aliphatic rings. The third-order valence-electron chi connectivity index (χ3n) is 3.93. The van der Waals surface area contributed by atoms with E-state index in [0.717, 1.165) is 19.6 Å². The molecule has 1 N–H and O–H groups in total. The lowest BCUT2D eigenvalue weighted by atomic mass is 10.0. The standard InChI is InChI=1S/C14H22N4O3/c19-7-4-17-5-9-21-14(10-17)11-18(6-8-20-12-14)13-15-2-1-3-16-13/h1-3,19H,4-12H2. The number of hydrogen-bond donors (Lipinski definition) is 1. The lowest BCUT2D eigenvalue weighted by Crippen LogP contribution is -2.59. The Kier molecular flexibility index (Phi) is 4.64. The fourth-order valence-corrected chi connectivity index (χ4v) is 2.97. The Morgan fingerprint density at radius 3 is 2.86 bits per heavy atom. The number of β-amino-alcohol motifs (C(OH)–C–C–N with tert-alkyl or cyclic N) is 1. The number of ether oxygens (including phenoxy) is 2. The van der Waals surface area contributed by atoms with E-state index in [9.17, 15) is 0 Å². The maximum Gasteiger partial charge on any atom is 0.225 e. The second-order valence-corrected chi connectivity index (χ2v) is 5.55. The van der Waals surface area contributed by atoms with Gasteiger partial charge in [-0.1, -0.05) is 0 Å². The van der Waals surface area contributed by atoms with Gasteiger partial charge < -0.3 is 19.5 Å². The van der Waals surface area contributed by atoms with Crippen LogP contribution in [0.5, 0.6) is 0 Å². The molecule has 7 heteroatoms. The number of hydrogen-bond acceptors (Lipinski definition) is 7. The first-order valence-electron chi connectivity index (χ1n) is 7.38. The molecule has 1 aromatic rings. The highest BCUT2D eigenvalue weighted by molar-refractivity contribution is 5.30. The van der Waals surface area contributed by atoms with Gasteiger partial charge in [0, 0.05) is 38.6 Å². The van der Waals surface area contributed by atoms with Gasteiger partial charge in [-0.05, 0) is 6.07 Å². The zero-order valence-electron chi connectivity index (χ0n) is 12.1. The first-order valence-corrected chi connectivity index (χ1v) is 7.38. The van der Waals surface area contributed by atoms with Gasteiger partial charge >= 0.3 is 0 Å². The van der Waals surface area contributed by atoms with Crippen molar-refractivity contribution < 1.29 is 14.6 Å². The predicted molar refractivity (Wildman–Crippen MR) is 77.3 cm³/mol. The molecule has 3 rings (SSSR count). The maximum absolute atomic E-state index is 9.15. The Labute approximate surface area is 124 Å². The molecule has 2 fully saturated rings. The molecule has 21 heavy (non-hydrogen) atoms. The molecule has 1 spiro atoms. The number of morpholine rings is 1. The largest absolute Gasteiger partial charge is 0.395 e. The first kappa shape index (κ1) is 14.6. The number of aromatic nitrogens is 2. The van der Waals surface area contributed by atoms with E-state index >= 15 is 0 Å². The fourth-order valence-electron chi connectivity index (χ4n) is 2.97. The van der Waals surface area contributed by atoms with E-state index < -0.39 is 0 Å². The van der Waals surface area contributed by atoms with Gasteiger partial charge in [0.2, 0.25) is 5.95 Å². The van der Waals surface area contributed by atoms with E-state index in [1.807, 2.05) is 6.07 Å². The SMILES string of the molecule is OCCN1CCOC2(COCCN(c3ncccn3)C2)C1. The molecule has 0 aliphatic carbocycles. The van der Waals surface area contributed by atoms with Gasteiger partial charge in [0.1, 0.15) is 5.60 Å². The van der Waals surface area contributed by atoms with Gasteiger partial charge in [-0.25, -0.2) is 9.97 Å². The van der Waals surface area contributed by atoms with Crippen molar-refractivity contribution in [3.63, 3.8) is 0 Å². The van der Waals surface area contributed by atoms with Crippen molar-refractivity contribution in [3.05, 3.63) is 18.5 Å². The fraction of sp³-hybridized carbons (Fsp3) is 0.714. The molecule has 0 amide bonds. The zero-order valence-corrected chi connectivity index (χ0v) is 12.1. The highest BCUT2D eigenvalue weighted by Gasteiger charge is 2.40. The van der Waals surface area contributed by atoms with Crippen LogP contribution in [0.15, 0.2) is 18.5 Å². The summed E-state index contributed by atoms with van der Waals surface area (Å²) in [6, 6.07) is 1.81. The van der Waals surface area contributed by atoms with Gasteiger partial charge in [-0.15, -0.1) is 0 Å². The highest BCUT2D eigenvalue weighted by atomic mass is 16.5. The number of nitrogens with zero attached hydrogens (tertiary/aromatic N) is 4. The van der Waals surface area contributed by atoms with Gasteiger partial charge in [0.05, 0.1) is 33.0 Å². The molecule has 0 saturated carbocycles. The molecule has 2 aliphatic heterocycles. The topological polar surface area (TPSA) is 71.0 Å². The summed E-state index contributed by atoms with van der Waals surface area (Å²) in [5.41, 5.74) is -0.372. The van der Waals surface area contributed by atoms with Crippen molar-refractivity contribution in [2.45, 2.75) is 5.60 Å². The van der Waals surface area contributed by atoms with Gasteiger partial charge in [0.15, 0.2) is 0 Å². The quantitative estimate of drug-likeness (QED) is 0.796. The number of aliphatic hydroxyl groups excluding tert-OH is 1. The minimum atomic E-state index is -0.372. The second-order valence-electron chi connectivity index (χ2n) is 5.55. The summed E-state index contributed by atoms with van der Waals surface area (Å²) in [5, 5.41) is 9.15. The molecular weight excluding hydrogens is 272 g/mol. The third kappa shape index (κ3) is 3.49. The third-order valence-corrected chi connectivity index (χ3v) is 3.93. The average Bonchev–Trinajstić information content (AvgIpc) is 2.71. The lowest BCUT2D eigenvalue weighted by molar-refractivity contribution is -0.133. The van der Waals surface area contributed by atoms with Crippen LogP contribution < -0.4 is 4.90 Å². The number of anilines is 1. The van der Waals surface area contributed by atoms with Gasteiger partial charge in [-0.2, -0.15) is 0 Å². The Morgan fingerprint density at radius 2 is 2.05 bits per heavy atom. The lowest BCUT2D eigenvalue weighted by Gasteiger charge is -2.43. The molecule has 0 radical (unpaired) electrons. The zero-order chi connectivity index (χ0) is 14.5. The van der Waals surface area contributed by atoms with Crippen molar-refractivity contribution in [2.75, 3.05) is 64.1 Å². The first-order chi connectivity index (χ1) is 10.3. The van der Waals surface area contributed by atoms with Crippen LogP contribution >= 0.6 is 0 Å². The molecule has 116 valence electrons. The highest BCUT2D eigenvalue weighted by Crippen LogP contribution is 2.24. The Morgan fingerprint density at radius 1 is 1.19 bits per heavy atom. The summed E-state index contributed by atoms with van der Waals surface area (Å²) in [6.07, 6.45) is 3.50. The summed E-state index contributed by atoms with van der Waals surface area (Å²) in [4.78, 5) is 13.0. The smallest absolute Gasteiger partial charge is 0.225 e. The molecule has 1 atom stereocenters. The average molecular weight is 294 g/mol. The van der Waals surface area contributed by atoms with E-state index in [2.05, 4.69) is 19.8 Å². The number of aliphatic hydroxyl groups is 1. The van der Waals surface area contributed by atoms with Crippen molar-refractivity contribution in [2.24, 2.45) is 0 Å². The molecule has 3 heterocycles. The van der Waals surface area contributed by atoms with Crippen LogP contribution in [-0.2, 0) is 9.47 Å². The molecule has 1 unspecified atom stereocenters. The second kappa shape index (κ2) is 6.65. The Hall–Kier alpha value is -1.28. The molecule has 0 aromatic carbocycles. The molecule has 0 bridgehead atoms. The summed E-state index contributed by atoms with van der Waals surface area (Å²) >= 11 is 0. The van der Waals surface area contributed by atoms with Crippen molar-refractivity contribution in [1.29, 1.82) is 0 Å². The van der Waals surface area contributed by atoms with Gasteiger partial charge in [0.25, 0.3) is 0 Å². The molecule has 2 saturated heterocycles. The molecule has 1 aromatic heterocycles. The van der Waals surface area contributed by atoms with Crippen LogP contribution in [0.25, 0.3) is 0 Å². The van der Waals surface area contributed by atoms with Gasteiger partial charge in [-0.3, -0.25) is 4.90 Å². The normalized spacial score (nSPS) is 27.8. The minimum Gasteiger partial charge on any atom is -0.395 e. The molecule has 7 nitrogen and oxygen atoms in total. The van der Waals surface area contributed by atoms with Crippen LogP contribution in [0.1, 0.15) is 0 Å². The van der Waals surface area contributed by atoms with Crippen LogP contribution in [0.2, 0.25) is 0 Å². The predicted octanol–water partition coefficient (Wildman–Crippen LogP) is -0.623. The summed E-state index contributed by atoms with van der Waals surface area (Å²) in [5.74, 6) is 0.713. The Bertz CT molecular complexity index is 445. The van der Waals surface area contributed by atoms with E-state index in [4.69, 9.17) is 14.6 Å². The van der Waals surface area contributed by atoms with E-state index in [1.54, 1.807) is 12.4 Å². The molecular formula is C14H22N4O3. The van der Waals surface area contributed by atoms with Crippen molar-refractivity contribution in [1.82, 2.24) is 14.9 Å². The van der Waals surface area contributed by atoms with Crippen LogP contribution in [-0.4, -0.2) is 84.7 Å². The maximum atomic E-state index is 9.15. The monoisotopic (exact) mass is 294 g/mol. The minimum absolute atomic E-state index is 0.169. The van der Waals surface area contributed by atoms with Crippen molar-refractivity contribution in [3.8, 4) is 0 Å². The van der Waals surface area contributed by atoms with Crippen LogP contribution in [0, 0.1) is 0 Å². The van der Waals surface area contributed by atoms with E-state index in [-0.39, 0.29) is 12.2 Å². The summed E-state index contributed by atoms with van der Waals surface area (Å²) in [7, 11) is 0. The van der Waals surface area contributed by atoms with E-state index in [1.165, 1.54) is 0 Å². The summed E-state index contributed by atoms with van der Waals surface area (Å²) < 4.78 is 11.8. The number of rotatable bonds is 3. The van der Waals surface area contributed by atoms with Crippen molar-refractivity contribution >= 4 is 5.95 Å². The Balaban J connectivity index is 1.75. The van der Waals surface area contributed by atoms with E-state index in [0.29, 0.717) is 38.9 Å². The van der Waals surface area contributed by atoms with Crippen LogP contribution in [0.4, 0.5) is 5.95 Å².